The molecule has 7 nitrogen and oxygen atoms in total. The highest BCUT2D eigenvalue weighted by Crippen LogP contribution is 2.25. The number of ether oxygens (including phenoxy) is 1. The highest BCUT2D eigenvalue weighted by molar-refractivity contribution is 6.31. The third-order valence-corrected chi connectivity index (χ3v) is 3.22. The fourth-order valence-corrected chi connectivity index (χ4v) is 2.09. The fraction of sp³-hybridized carbons (Fsp3) is 0.0667. The Morgan fingerprint density at radius 3 is 2.52 bits per heavy atom. The molecule has 0 aliphatic rings. The van der Waals surface area contributed by atoms with E-state index in [0.29, 0.717) is 0 Å². The molecule has 0 aliphatic heterocycles. The molecule has 2 aromatic carbocycles. The molecule has 0 atom stereocenters. The van der Waals surface area contributed by atoms with Crippen LogP contribution in [0.4, 0.5) is 11.4 Å². The van der Waals surface area contributed by atoms with E-state index in [1.807, 2.05) is 0 Å². The van der Waals surface area contributed by atoms with Gasteiger partial charge in [-0.3, -0.25) is 14.9 Å². The zero-order chi connectivity index (χ0) is 17.0. The smallest absolute Gasteiger partial charge is 0.339 e. The molecule has 118 valence electrons. The maximum atomic E-state index is 12.3. The van der Waals surface area contributed by atoms with Gasteiger partial charge in [0.05, 0.1) is 23.3 Å². The Kier molecular flexibility index (Phi) is 4.92. The number of anilines is 1. The van der Waals surface area contributed by atoms with Crippen molar-refractivity contribution in [3.8, 4) is 0 Å². The van der Waals surface area contributed by atoms with Gasteiger partial charge in [0.25, 0.3) is 11.6 Å². The number of carbonyl (C=O) groups is 2. The zero-order valence-electron chi connectivity index (χ0n) is 11.9. The van der Waals surface area contributed by atoms with Crippen LogP contribution in [0.15, 0.2) is 42.5 Å². The van der Waals surface area contributed by atoms with Gasteiger partial charge in [-0.05, 0) is 24.3 Å². The molecular formula is C15H11ClN2O5. The lowest BCUT2D eigenvalue weighted by atomic mass is 10.1. The molecule has 1 amide bonds. The van der Waals surface area contributed by atoms with Crippen molar-refractivity contribution in [2.45, 2.75) is 0 Å². The van der Waals surface area contributed by atoms with Gasteiger partial charge in [0.1, 0.15) is 5.56 Å². The largest absolute Gasteiger partial charge is 0.465 e. The quantitative estimate of drug-likeness (QED) is 0.525. The van der Waals surface area contributed by atoms with E-state index in [1.54, 1.807) is 12.1 Å². The highest BCUT2D eigenvalue weighted by atomic mass is 35.5. The fourth-order valence-electron chi connectivity index (χ4n) is 1.92. The van der Waals surface area contributed by atoms with Crippen molar-refractivity contribution in [2.24, 2.45) is 0 Å². The Labute approximate surface area is 136 Å². The second kappa shape index (κ2) is 6.89. The third kappa shape index (κ3) is 3.64. The van der Waals surface area contributed by atoms with Crippen LogP contribution in [-0.2, 0) is 4.74 Å². The highest BCUT2D eigenvalue weighted by Gasteiger charge is 2.22. The number of nitrogens with zero attached hydrogens (tertiary/aromatic N) is 1. The Morgan fingerprint density at radius 2 is 1.87 bits per heavy atom. The van der Waals surface area contributed by atoms with E-state index in [4.69, 9.17) is 11.6 Å². The summed E-state index contributed by atoms with van der Waals surface area (Å²) in [6.07, 6.45) is 0. The molecule has 23 heavy (non-hydrogen) atoms. The van der Waals surface area contributed by atoms with Crippen LogP contribution >= 0.6 is 11.6 Å². The molecule has 0 aromatic heterocycles. The number of hydrogen-bond acceptors (Lipinski definition) is 5. The summed E-state index contributed by atoms with van der Waals surface area (Å²) in [6, 6.07) is 9.81. The van der Waals surface area contributed by atoms with Crippen molar-refractivity contribution in [3.63, 3.8) is 0 Å². The van der Waals surface area contributed by atoms with Gasteiger partial charge in [-0.1, -0.05) is 23.7 Å². The number of rotatable bonds is 4. The standard InChI is InChI=1S/C15H11ClN2O5/c1-23-15(20)10-4-2-3-5-12(10)17-14(19)11-8-9(16)6-7-13(11)18(21)22/h2-8H,1H3,(H,17,19). The first-order valence-electron chi connectivity index (χ1n) is 6.36. The van der Waals surface area contributed by atoms with E-state index < -0.39 is 16.8 Å². The number of amides is 1. The van der Waals surface area contributed by atoms with Crippen LogP contribution in [0.3, 0.4) is 0 Å². The topological polar surface area (TPSA) is 98.5 Å². The van der Waals surface area contributed by atoms with Gasteiger partial charge in [-0.15, -0.1) is 0 Å². The van der Waals surface area contributed by atoms with Crippen LogP contribution in [0.5, 0.6) is 0 Å². The van der Waals surface area contributed by atoms with Crippen molar-refractivity contribution >= 4 is 34.9 Å². The maximum Gasteiger partial charge on any atom is 0.339 e. The van der Waals surface area contributed by atoms with Crippen molar-refractivity contribution in [3.05, 3.63) is 68.7 Å². The van der Waals surface area contributed by atoms with E-state index in [-0.39, 0.29) is 27.5 Å². The monoisotopic (exact) mass is 334 g/mol. The van der Waals surface area contributed by atoms with Gasteiger partial charge in [0.15, 0.2) is 0 Å². The van der Waals surface area contributed by atoms with E-state index in [9.17, 15) is 19.7 Å². The van der Waals surface area contributed by atoms with Crippen LogP contribution in [0, 0.1) is 10.1 Å². The van der Waals surface area contributed by atoms with Crippen LogP contribution in [0.25, 0.3) is 0 Å². The molecule has 0 heterocycles. The molecule has 0 saturated carbocycles. The Morgan fingerprint density at radius 1 is 1.17 bits per heavy atom. The summed E-state index contributed by atoms with van der Waals surface area (Å²) in [5.74, 6) is -1.39. The van der Waals surface area contributed by atoms with Crippen molar-refractivity contribution in [2.75, 3.05) is 12.4 Å². The molecule has 0 fully saturated rings. The van der Waals surface area contributed by atoms with Crippen LogP contribution < -0.4 is 5.32 Å². The number of nitro benzene ring substituents is 1. The molecule has 1 N–H and O–H groups in total. The number of hydrogen-bond donors (Lipinski definition) is 1. The predicted octanol–water partition coefficient (Wildman–Crippen LogP) is 3.29. The van der Waals surface area contributed by atoms with Crippen LogP contribution in [0.1, 0.15) is 20.7 Å². The second-order valence-corrected chi connectivity index (χ2v) is 4.85. The van der Waals surface area contributed by atoms with Gasteiger partial charge >= 0.3 is 5.97 Å². The number of halogens is 1. The third-order valence-electron chi connectivity index (χ3n) is 2.98. The van der Waals surface area contributed by atoms with Gasteiger partial charge in [0.2, 0.25) is 0 Å². The van der Waals surface area contributed by atoms with Gasteiger partial charge in [-0.2, -0.15) is 0 Å². The van der Waals surface area contributed by atoms with E-state index >= 15 is 0 Å². The van der Waals surface area contributed by atoms with E-state index in [0.717, 1.165) is 6.07 Å². The number of para-hydroxylation sites is 1. The molecule has 8 heteroatoms. The summed E-state index contributed by atoms with van der Waals surface area (Å²) in [6.45, 7) is 0. The van der Waals surface area contributed by atoms with Gasteiger partial charge in [0, 0.05) is 11.1 Å². The Bertz CT molecular complexity index is 791. The summed E-state index contributed by atoms with van der Waals surface area (Å²) in [4.78, 5) is 34.3. The van der Waals surface area contributed by atoms with Crippen molar-refractivity contribution < 1.29 is 19.2 Å². The lowest BCUT2D eigenvalue weighted by Crippen LogP contribution is -2.16. The average Bonchev–Trinajstić information content (AvgIpc) is 2.54. The summed E-state index contributed by atoms with van der Waals surface area (Å²) in [5.41, 5.74) is -0.281. The maximum absolute atomic E-state index is 12.3. The number of nitrogens with one attached hydrogen (secondary N) is 1. The number of methoxy groups -OCH3 is 1. The van der Waals surface area contributed by atoms with Crippen molar-refractivity contribution in [1.82, 2.24) is 0 Å². The first kappa shape index (κ1) is 16.4. The summed E-state index contributed by atoms with van der Waals surface area (Å²) in [7, 11) is 1.21. The minimum absolute atomic E-state index is 0.132. The molecule has 0 spiro atoms. The SMILES string of the molecule is COC(=O)c1ccccc1NC(=O)c1cc(Cl)ccc1[N+](=O)[O-]. The lowest BCUT2D eigenvalue weighted by molar-refractivity contribution is -0.385. The number of carbonyl (C=O) groups excluding carboxylic acids is 2. The molecule has 0 radical (unpaired) electrons. The Hall–Kier alpha value is -2.93. The number of nitro groups is 1. The van der Waals surface area contributed by atoms with Crippen molar-refractivity contribution in [1.29, 1.82) is 0 Å². The lowest BCUT2D eigenvalue weighted by Gasteiger charge is -2.10. The molecule has 2 aromatic rings. The molecule has 0 bridgehead atoms. The summed E-state index contributed by atoms with van der Waals surface area (Å²) >= 11 is 5.80. The minimum Gasteiger partial charge on any atom is -0.465 e. The minimum atomic E-state index is -0.754. The second-order valence-electron chi connectivity index (χ2n) is 4.41. The predicted molar refractivity (Wildman–Crippen MR) is 83.8 cm³/mol. The van der Waals surface area contributed by atoms with Crippen LogP contribution in [-0.4, -0.2) is 23.9 Å². The summed E-state index contributed by atoms with van der Waals surface area (Å²) in [5, 5.41) is 13.7. The molecule has 0 aliphatic carbocycles. The Balaban J connectivity index is 2.39. The van der Waals surface area contributed by atoms with E-state index in [1.165, 1.54) is 31.4 Å². The number of benzene rings is 2. The summed E-state index contributed by atoms with van der Waals surface area (Å²) < 4.78 is 4.63. The zero-order valence-corrected chi connectivity index (χ0v) is 12.7. The first-order valence-corrected chi connectivity index (χ1v) is 6.74. The molecule has 0 unspecified atom stereocenters. The molecular weight excluding hydrogens is 324 g/mol. The van der Waals surface area contributed by atoms with Crippen LogP contribution in [0.2, 0.25) is 5.02 Å². The average molecular weight is 335 g/mol. The van der Waals surface area contributed by atoms with Gasteiger partial charge < -0.3 is 10.1 Å². The van der Waals surface area contributed by atoms with Gasteiger partial charge in [-0.25, -0.2) is 4.79 Å². The molecule has 2 rings (SSSR count). The number of esters is 1. The normalized spacial score (nSPS) is 10.0. The van der Waals surface area contributed by atoms with E-state index in [2.05, 4.69) is 10.1 Å². The molecule has 0 saturated heterocycles. The first-order chi connectivity index (χ1) is 10.9.